The van der Waals surface area contributed by atoms with Crippen molar-refractivity contribution >= 4 is 29.5 Å². The van der Waals surface area contributed by atoms with Crippen LogP contribution in [0.25, 0.3) is 6.08 Å². The van der Waals surface area contributed by atoms with Crippen molar-refractivity contribution in [1.29, 1.82) is 0 Å². The molecule has 2 aliphatic heterocycles. The summed E-state index contributed by atoms with van der Waals surface area (Å²) in [5.41, 5.74) is 1.57. The highest BCUT2D eigenvalue weighted by Crippen LogP contribution is 2.36. The van der Waals surface area contributed by atoms with Gasteiger partial charge in [-0.3, -0.25) is 19.7 Å². The predicted octanol–water partition coefficient (Wildman–Crippen LogP) is 3.15. The van der Waals surface area contributed by atoms with Crippen LogP contribution < -0.4 is 20.1 Å². The molecule has 1 atom stereocenters. The van der Waals surface area contributed by atoms with Crippen LogP contribution in [0.4, 0.5) is 5.69 Å². The summed E-state index contributed by atoms with van der Waals surface area (Å²) in [7, 11) is 0. The summed E-state index contributed by atoms with van der Waals surface area (Å²) in [5.74, 6) is 0.586. The lowest BCUT2D eigenvalue weighted by Gasteiger charge is -2.35. The second kappa shape index (κ2) is 8.02. The van der Waals surface area contributed by atoms with E-state index in [1.807, 2.05) is 31.2 Å². The van der Waals surface area contributed by atoms with Crippen molar-refractivity contribution < 1.29 is 23.9 Å². The van der Waals surface area contributed by atoms with Gasteiger partial charge in [-0.05, 0) is 54.3 Å². The number of hydrogen-bond donors (Lipinski definition) is 2. The van der Waals surface area contributed by atoms with E-state index in [1.165, 1.54) is 6.08 Å². The van der Waals surface area contributed by atoms with E-state index in [0.717, 1.165) is 11.1 Å². The third kappa shape index (κ3) is 3.78. The first-order valence-electron chi connectivity index (χ1n) is 9.84. The maximum Gasteiger partial charge on any atom is 0.248 e. The number of fused-ring (bicyclic) bond motifs is 1. The van der Waals surface area contributed by atoms with Crippen molar-refractivity contribution in [2.75, 3.05) is 12.1 Å². The second-order valence-electron chi connectivity index (χ2n) is 7.33. The number of carbonyl (C=O) groups excluding carboxylic acids is 3. The zero-order valence-electron chi connectivity index (χ0n) is 16.6. The molecule has 7 heteroatoms. The molecule has 1 saturated heterocycles. The molecule has 0 radical (unpaired) electrons. The normalized spacial score (nSPS) is 20.3. The van der Waals surface area contributed by atoms with Gasteiger partial charge in [0.15, 0.2) is 11.5 Å². The molecule has 2 heterocycles. The monoisotopic (exact) mass is 406 g/mol. The summed E-state index contributed by atoms with van der Waals surface area (Å²) in [6.45, 7) is 2.14. The number of ether oxygens (including phenoxy) is 2. The third-order valence-electron chi connectivity index (χ3n) is 5.60. The second-order valence-corrected chi connectivity index (χ2v) is 7.33. The Morgan fingerprint density at radius 1 is 1.13 bits per heavy atom. The van der Waals surface area contributed by atoms with Gasteiger partial charge in [0.25, 0.3) is 0 Å². The Labute approximate surface area is 174 Å². The predicted molar refractivity (Wildman–Crippen MR) is 111 cm³/mol. The van der Waals surface area contributed by atoms with Crippen molar-refractivity contribution in [2.24, 2.45) is 0 Å². The average Bonchev–Trinajstić information content (AvgIpc) is 3.21. The number of piperidine rings is 1. The van der Waals surface area contributed by atoms with E-state index in [1.54, 1.807) is 24.3 Å². The van der Waals surface area contributed by atoms with Gasteiger partial charge in [0.1, 0.15) is 0 Å². The third-order valence-corrected chi connectivity index (χ3v) is 5.60. The van der Waals surface area contributed by atoms with Crippen LogP contribution in [0.15, 0.2) is 48.5 Å². The number of anilines is 1. The Kier molecular flexibility index (Phi) is 5.27. The maximum atomic E-state index is 12.5. The lowest BCUT2D eigenvalue weighted by molar-refractivity contribution is -0.138. The fourth-order valence-corrected chi connectivity index (χ4v) is 3.81. The van der Waals surface area contributed by atoms with Gasteiger partial charge in [0, 0.05) is 18.2 Å². The highest BCUT2D eigenvalue weighted by atomic mass is 16.7. The highest BCUT2D eigenvalue weighted by molar-refractivity contribution is 6.04. The molecule has 154 valence electrons. The molecule has 0 spiro atoms. The standard InChI is InChI=1S/C23H22N2O5/c1-2-23(12-11-21(27)25-22(23)28)16-5-7-17(8-6-16)24-20(26)10-4-15-3-9-18-19(13-15)30-14-29-18/h3-10,13H,2,11-12,14H2,1H3,(H,24,26)(H,25,27,28)/b10-4+/t23-/m1/s1. The molecule has 7 nitrogen and oxygen atoms in total. The summed E-state index contributed by atoms with van der Waals surface area (Å²) in [6, 6.07) is 12.6. The first-order valence-corrected chi connectivity index (χ1v) is 9.84. The summed E-state index contributed by atoms with van der Waals surface area (Å²) < 4.78 is 10.6. The van der Waals surface area contributed by atoms with Crippen LogP contribution in [-0.2, 0) is 19.8 Å². The lowest BCUT2D eigenvalue weighted by Crippen LogP contribution is -2.51. The Hall–Kier alpha value is -3.61. The fraction of sp³-hybridized carbons (Fsp3) is 0.261. The van der Waals surface area contributed by atoms with Gasteiger partial charge in [0.05, 0.1) is 5.41 Å². The number of imide groups is 1. The van der Waals surface area contributed by atoms with Gasteiger partial charge in [-0.15, -0.1) is 0 Å². The Balaban J connectivity index is 1.42. The van der Waals surface area contributed by atoms with Gasteiger partial charge < -0.3 is 14.8 Å². The number of benzene rings is 2. The van der Waals surface area contributed by atoms with E-state index >= 15 is 0 Å². The first kappa shape index (κ1) is 19.7. The molecule has 2 aliphatic rings. The molecule has 0 unspecified atom stereocenters. The molecule has 0 aromatic heterocycles. The summed E-state index contributed by atoms with van der Waals surface area (Å²) in [5, 5.41) is 5.25. The van der Waals surface area contributed by atoms with Crippen LogP contribution in [0.5, 0.6) is 11.5 Å². The minimum atomic E-state index is -0.713. The number of amides is 3. The van der Waals surface area contributed by atoms with E-state index in [0.29, 0.717) is 36.4 Å². The zero-order chi connectivity index (χ0) is 21.1. The highest BCUT2D eigenvalue weighted by Gasteiger charge is 2.42. The van der Waals surface area contributed by atoms with E-state index in [2.05, 4.69) is 10.6 Å². The van der Waals surface area contributed by atoms with Crippen LogP contribution in [-0.4, -0.2) is 24.5 Å². The summed E-state index contributed by atoms with van der Waals surface area (Å²) in [6.07, 6.45) is 4.54. The molecular weight excluding hydrogens is 384 g/mol. The quantitative estimate of drug-likeness (QED) is 0.588. The Morgan fingerprint density at radius 3 is 2.63 bits per heavy atom. The van der Waals surface area contributed by atoms with Gasteiger partial charge >= 0.3 is 0 Å². The smallest absolute Gasteiger partial charge is 0.248 e. The molecule has 0 saturated carbocycles. The SMILES string of the molecule is CC[C@]1(c2ccc(NC(=O)/C=C/c3ccc4c(c3)OCO4)cc2)CCC(=O)NC1=O. The van der Waals surface area contributed by atoms with Gasteiger partial charge in [0.2, 0.25) is 24.5 Å². The molecule has 0 bridgehead atoms. The van der Waals surface area contributed by atoms with E-state index in [-0.39, 0.29) is 24.5 Å². The molecule has 2 aromatic carbocycles. The van der Waals surface area contributed by atoms with Gasteiger partial charge in [-0.25, -0.2) is 0 Å². The molecule has 2 aromatic rings. The van der Waals surface area contributed by atoms with Crippen LogP contribution in [0, 0.1) is 0 Å². The molecular formula is C23H22N2O5. The van der Waals surface area contributed by atoms with Gasteiger partial charge in [-0.1, -0.05) is 25.1 Å². The van der Waals surface area contributed by atoms with E-state index in [9.17, 15) is 14.4 Å². The number of nitrogens with one attached hydrogen (secondary N) is 2. The van der Waals surface area contributed by atoms with Crippen molar-refractivity contribution in [3.05, 3.63) is 59.7 Å². The lowest BCUT2D eigenvalue weighted by atomic mass is 9.72. The molecule has 2 N–H and O–H groups in total. The van der Waals surface area contributed by atoms with Crippen LogP contribution in [0.2, 0.25) is 0 Å². The van der Waals surface area contributed by atoms with Crippen molar-refractivity contribution in [1.82, 2.24) is 5.32 Å². The molecule has 1 fully saturated rings. The largest absolute Gasteiger partial charge is 0.454 e. The Morgan fingerprint density at radius 2 is 1.90 bits per heavy atom. The summed E-state index contributed by atoms with van der Waals surface area (Å²) >= 11 is 0. The van der Waals surface area contributed by atoms with Crippen molar-refractivity contribution in [3.63, 3.8) is 0 Å². The topological polar surface area (TPSA) is 93.7 Å². The number of rotatable bonds is 5. The Bertz CT molecular complexity index is 1030. The van der Waals surface area contributed by atoms with Crippen LogP contribution in [0.1, 0.15) is 37.3 Å². The van der Waals surface area contributed by atoms with Gasteiger partial charge in [-0.2, -0.15) is 0 Å². The number of hydrogen-bond acceptors (Lipinski definition) is 5. The fourth-order valence-electron chi connectivity index (χ4n) is 3.81. The molecule has 3 amide bonds. The maximum absolute atomic E-state index is 12.5. The zero-order valence-corrected chi connectivity index (χ0v) is 16.6. The van der Waals surface area contributed by atoms with Crippen molar-refractivity contribution in [2.45, 2.75) is 31.6 Å². The average molecular weight is 406 g/mol. The summed E-state index contributed by atoms with van der Waals surface area (Å²) in [4.78, 5) is 36.2. The van der Waals surface area contributed by atoms with E-state index in [4.69, 9.17) is 9.47 Å². The first-order chi connectivity index (χ1) is 14.5. The minimum absolute atomic E-state index is 0.205. The molecule has 0 aliphatic carbocycles. The van der Waals surface area contributed by atoms with Crippen LogP contribution >= 0.6 is 0 Å². The minimum Gasteiger partial charge on any atom is -0.454 e. The molecule has 30 heavy (non-hydrogen) atoms. The number of carbonyl (C=O) groups is 3. The molecule has 4 rings (SSSR count). The van der Waals surface area contributed by atoms with Crippen molar-refractivity contribution in [3.8, 4) is 11.5 Å². The van der Waals surface area contributed by atoms with E-state index < -0.39 is 5.41 Å². The van der Waals surface area contributed by atoms with Crippen LogP contribution in [0.3, 0.4) is 0 Å².